The second-order valence-electron chi connectivity index (χ2n) is 5.21. The number of likely N-dealkylation sites (N-methyl/N-ethyl adjacent to an activating group) is 1. The fourth-order valence-electron chi connectivity index (χ4n) is 2.10. The Kier molecular flexibility index (Phi) is 5.40. The molecule has 2 rings (SSSR count). The van der Waals surface area contributed by atoms with Crippen molar-refractivity contribution in [3.05, 3.63) is 69.2 Å². The topological polar surface area (TPSA) is 20.3 Å². The van der Waals surface area contributed by atoms with Crippen LogP contribution in [-0.4, -0.2) is 24.3 Å². The van der Waals surface area contributed by atoms with Crippen molar-refractivity contribution in [1.29, 1.82) is 0 Å². The maximum atomic E-state index is 12.3. The summed E-state index contributed by atoms with van der Waals surface area (Å²) in [5.74, 6) is -0.0305. The van der Waals surface area contributed by atoms with E-state index in [2.05, 4.69) is 31.2 Å². The predicted octanol–water partition coefficient (Wildman–Crippen LogP) is 4.62. The van der Waals surface area contributed by atoms with Gasteiger partial charge in [0, 0.05) is 17.1 Å². The van der Waals surface area contributed by atoms with Crippen LogP contribution < -0.4 is 0 Å². The minimum atomic E-state index is -0.0305. The minimum Gasteiger partial charge on any atom is -0.295 e. The minimum absolute atomic E-state index is 0.0305. The van der Waals surface area contributed by atoms with Gasteiger partial charge in [0.25, 0.3) is 0 Å². The predicted molar refractivity (Wildman–Crippen MR) is 88.3 cm³/mol. The molecule has 0 aliphatic heterocycles. The van der Waals surface area contributed by atoms with Crippen molar-refractivity contribution in [3.8, 4) is 0 Å². The molecule has 0 saturated carbocycles. The lowest BCUT2D eigenvalue weighted by atomic mass is 10.1. The summed E-state index contributed by atoms with van der Waals surface area (Å²) in [6.45, 7) is 3.07. The molecule has 0 aliphatic rings. The lowest BCUT2D eigenvalue weighted by molar-refractivity contribution is 0.0943. The summed E-state index contributed by atoms with van der Waals surface area (Å²) in [6.07, 6.45) is 0. The van der Waals surface area contributed by atoms with Crippen LogP contribution in [-0.2, 0) is 6.54 Å². The molecule has 2 aromatic rings. The summed E-state index contributed by atoms with van der Waals surface area (Å²) >= 11 is 12.0. The van der Waals surface area contributed by atoms with Gasteiger partial charge in [0.05, 0.1) is 11.6 Å². The third kappa shape index (κ3) is 4.57. The van der Waals surface area contributed by atoms with Crippen molar-refractivity contribution in [1.82, 2.24) is 4.90 Å². The van der Waals surface area contributed by atoms with E-state index in [0.29, 0.717) is 28.7 Å². The van der Waals surface area contributed by atoms with E-state index in [4.69, 9.17) is 23.2 Å². The first-order valence-electron chi connectivity index (χ1n) is 6.68. The Morgan fingerprint density at radius 3 is 2.43 bits per heavy atom. The van der Waals surface area contributed by atoms with Crippen molar-refractivity contribution in [2.75, 3.05) is 13.6 Å². The first-order valence-corrected chi connectivity index (χ1v) is 7.43. The molecule has 0 atom stereocenters. The highest BCUT2D eigenvalue weighted by Crippen LogP contribution is 2.21. The van der Waals surface area contributed by atoms with Gasteiger partial charge < -0.3 is 0 Å². The van der Waals surface area contributed by atoms with E-state index in [-0.39, 0.29) is 5.78 Å². The second kappa shape index (κ2) is 7.08. The Morgan fingerprint density at radius 1 is 1.10 bits per heavy atom. The first kappa shape index (κ1) is 16.0. The average Bonchev–Trinajstić information content (AvgIpc) is 2.44. The number of carbonyl (C=O) groups excluding carboxylic acids is 1. The molecule has 0 unspecified atom stereocenters. The maximum absolute atomic E-state index is 12.3. The highest BCUT2D eigenvalue weighted by Gasteiger charge is 2.13. The van der Waals surface area contributed by atoms with E-state index < -0.39 is 0 Å². The zero-order chi connectivity index (χ0) is 15.4. The zero-order valence-corrected chi connectivity index (χ0v) is 13.6. The number of ketones is 1. The summed E-state index contributed by atoms with van der Waals surface area (Å²) in [5, 5.41) is 0.956. The number of aryl methyl sites for hydroxylation is 1. The highest BCUT2D eigenvalue weighted by molar-refractivity contribution is 6.36. The van der Waals surface area contributed by atoms with Crippen LogP contribution >= 0.6 is 23.2 Å². The molecule has 2 nitrogen and oxygen atoms in total. The van der Waals surface area contributed by atoms with Gasteiger partial charge in [-0.3, -0.25) is 9.69 Å². The molecule has 0 aliphatic carbocycles. The highest BCUT2D eigenvalue weighted by atomic mass is 35.5. The number of nitrogens with zero attached hydrogens (tertiary/aromatic N) is 1. The van der Waals surface area contributed by atoms with Crippen LogP contribution in [0.5, 0.6) is 0 Å². The quantitative estimate of drug-likeness (QED) is 0.749. The smallest absolute Gasteiger partial charge is 0.178 e. The number of Topliss-reactive ketones (excluding diaryl/α,β-unsaturated/α-hetero) is 1. The monoisotopic (exact) mass is 321 g/mol. The molecule has 0 saturated heterocycles. The van der Waals surface area contributed by atoms with Crippen LogP contribution in [0.2, 0.25) is 10.0 Å². The summed E-state index contributed by atoms with van der Waals surface area (Å²) in [7, 11) is 1.91. The standard InChI is InChI=1S/C17H17Cl2NO/c1-12-3-5-13(6-4-12)10-20(2)11-17(21)15-9-14(18)7-8-16(15)19/h3-9H,10-11H2,1-2H3. The van der Waals surface area contributed by atoms with Gasteiger partial charge in [-0.1, -0.05) is 53.0 Å². The van der Waals surface area contributed by atoms with Crippen molar-refractivity contribution >= 4 is 29.0 Å². The molecule has 0 amide bonds. The molecular formula is C17H17Cl2NO. The molecule has 4 heteroatoms. The number of halogens is 2. The van der Waals surface area contributed by atoms with Crippen molar-refractivity contribution in [2.45, 2.75) is 13.5 Å². The number of carbonyl (C=O) groups is 1. The van der Waals surface area contributed by atoms with Gasteiger partial charge in [0.15, 0.2) is 5.78 Å². The van der Waals surface area contributed by atoms with Crippen LogP contribution in [0.4, 0.5) is 0 Å². The Hall–Kier alpha value is -1.35. The first-order chi connectivity index (χ1) is 9.95. The van der Waals surface area contributed by atoms with E-state index in [1.807, 2.05) is 11.9 Å². The molecule has 110 valence electrons. The molecule has 0 fully saturated rings. The second-order valence-corrected chi connectivity index (χ2v) is 6.05. The van der Waals surface area contributed by atoms with E-state index in [0.717, 1.165) is 0 Å². The Morgan fingerprint density at radius 2 is 1.76 bits per heavy atom. The summed E-state index contributed by atoms with van der Waals surface area (Å²) in [6, 6.07) is 13.2. The Balaban J connectivity index is 2.01. The molecule has 0 spiro atoms. The lowest BCUT2D eigenvalue weighted by Crippen LogP contribution is -2.25. The molecule has 0 bridgehead atoms. The van der Waals surface area contributed by atoms with E-state index in [9.17, 15) is 4.79 Å². The van der Waals surface area contributed by atoms with Crippen molar-refractivity contribution in [2.24, 2.45) is 0 Å². The van der Waals surface area contributed by atoms with Crippen LogP contribution in [0.15, 0.2) is 42.5 Å². The van der Waals surface area contributed by atoms with Crippen molar-refractivity contribution < 1.29 is 4.79 Å². The van der Waals surface area contributed by atoms with E-state index >= 15 is 0 Å². The third-order valence-electron chi connectivity index (χ3n) is 3.22. The van der Waals surface area contributed by atoms with Gasteiger partial charge in [-0.15, -0.1) is 0 Å². The van der Waals surface area contributed by atoms with Gasteiger partial charge >= 0.3 is 0 Å². The Bertz CT molecular complexity index is 638. The summed E-state index contributed by atoms with van der Waals surface area (Å²) < 4.78 is 0. The van der Waals surface area contributed by atoms with Gasteiger partial charge in [-0.05, 0) is 37.7 Å². The fraction of sp³-hybridized carbons (Fsp3) is 0.235. The van der Waals surface area contributed by atoms with Gasteiger partial charge in [-0.25, -0.2) is 0 Å². The number of hydrogen-bond acceptors (Lipinski definition) is 2. The van der Waals surface area contributed by atoms with E-state index in [1.165, 1.54) is 11.1 Å². The molecule has 0 N–H and O–H groups in total. The van der Waals surface area contributed by atoms with Gasteiger partial charge in [0.1, 0.15) is 0 Å². The number of hydrogen-bond donors (Lipinski definition) is 0. The molecule has 0 aromatic heterocycles. The molecule has 0 heterocycles. The van der Waals surface area contributed by atoms with Gasteiger partial charge in [-0.2, -0.15) is 0 Å². The summed E-state index contributed by atoms with van der Waals surface area (Å²) in [5.41, 5.74) is 2.87. The number of benzene rings is 2. The van der Waals surface area contributed by atoms with Gasteiger partial charge in [0.2, 0.25) is 0 Å². The van der Waals surface area contributed by atoms with Crippen LogP contribution in [0, 0.1) is 6.92 Å². The van der Waals surface area contributed by atoms with Crippen LogP contribution in [0.1, 0.15) is 21.5 Å². The van der Waals surface area contributed by atoms with Crippen LogP contribution in [0.25, 0.3) is 0 Å². The van der Waals surface area contributed by atoms with E-state index in [1.54, 1.807) is 18.2 Å². The summed E-state index contributed by atoms with van der Waals surface area (Å²) in [4.78, 5) is 14.3. The largest absolute Gasteiger partial charge is 0.295 e. The average molecular weight is 322 g/mol. The SMILES string of the molecule is Cc1ccc(CN(C)CC(=O)c2cc(Cl)ccc2Cl)cc1. The number of rotatable bonds is 5. The fourth-order valence-corrected chi connectivity index (χ4v) is 2.50. The van der Waals surface area contributed by atoms with Crippen LogP contribution in [0.3, 0.4) is 0 Å². The normalized spacial score (nSPS) is 10.9. The zero-order valence-electron chi connectivity index (χ0n) is 12.1. The molecule has 2 aromatic carbocycles. The molecule has 0 radical (unpaired) electrons. The molecular weight excluding hydrogens is 305 g/mol. The molecule has 21 heavy (non-hydrogen) atoms. The lowest BCUT2D eigenvalue weighted by Gasteiger charge is -2.16. The Labute approximate surface area is 135 Å². The van der Waals surface area contributed by atoms with Crippen molar-refractivity contribution in [3.63, 3.8) is 0 Å². The maximum Gasteiger partial charge on any atom is 0.178 e. The third-order valence-corrected chi connectivity index (χ3v) is 3.78.